The summed E-state index contributed by atoms with van der Waals surface area (Å²) in [5, 5.41) is 1.95. The van der Waals surface area contributed by atoms with E-state index in [1.165, 1.54) is 11.9 Å². The first-order valence-electron chi connectivity index (χ1n) is 1.92. The Balaban J connectivity index is 2.77. The molecular formula is C5H5NS. The van der Waals surface area contributed by atoms with Gasteiger partial charge in [0.2, 0.25) is 0 Å². The minimum absolute atomic E-state index is 0.963. The highest BCUT2D eigenvalue weighted by atomic mass is 32.2. The molecule has 0 saturated carbocycles. The number of hydrogen-bond donors (Lipinski definition) is 1. The summed E-state index contributed by atoms with van der Waals surface area (Å²) in [5.41, 5.74) is 3.67. The molecule has 0 aliphatic carbocycles. The van der Waals surface area contributed by atoms with Gasteiger partial charge < -0.3 is 4.72 Å². The number of hydrogen-bond acceptors (Lipinski definition) is 2. The second-order valence-corrected chi connectivity index (χ2v) is 1.83. The van der Waals surface area contributed by atoms with Crippen LogP contribution in [0.3, 0.4) is 0 Å². The normalized spacial score (nSPS) is 16.3. The molecule has 1 aliphatic heterocycles. The zero-order valence-corrected chi connectivity index (χ0v) is 4.59. The average molecular weight is 111 g/mol. The van der Waals surface area contributed by atoms with Gasteiger partial charge in [-0.2, -0.15) is 0 Å². The van der Waals surface area contributed by atoms with E-state index in [-0.39, 0.29) is 0 Å². The van der Waals surface area contributed by atoms with Crippen LogP contribution in [0.1, 0.15) is 0 Å². The first-order chi connectivity index (χ1) is 3.43. The second kappa shape index (κ2) is 1.92. The van der Waals surface area contributed by atoms with Crippen LogP contribution < -0.4 is 4.72 Å². The standard InChI is InChI=1S/C5H5NS/c1-2-5-3-4-7-6-5/h3-4,6H,1H2. The molecule has 1 N–H and O–H groups in total. The van der Waals surface area contributed by atoms with Gasteiger partial charge in [-0.1, -0.05) is 6.58 Å². The molecule has 7 heavy (non-hydrogen) atoms. The quantitative estimate of drug-likeness (QED) is 0.375. The average Bonchev–Trinajstić information content (AvgIpc) is 2.14. The molecule has 1 aliphatic rings. The Morgan fingerprint density at radius 2 is 2.71 bits per heavy atom. The smallest absolute Gasteiger partial charge is 0.0875 e. The predicted octanol–water partition coefficient (Wildman–Crippen LogP) is 1.42. The lowest BCUT2D eigenvalue weighted by atomic mass is 10.5. The van der Waals surface area contributed by atoms with E-state index in [4.69, 9.17) is 0 Å². The molecule has 0 radical (unpaired) electrons. The van der Waals surface area contributed by atoms with Gasteiger partial charge in [-0.15, -0.1) is 5.73 Å². The summed E-state index contributed by atoms with van der Waals surface area (Å²) >= 11 is 1.54. The van der Waals surface area contributed by atoms with Crippen LogP contribution in [0.4, 0.5) is 0 Å². The van der Waals surface area contributed by atoms with Crippen LogP contribution in [0.5, 0.6) is 0 Å². The van der Waals surface area contributed by atoms with Crippen molar-refractivity contribution in [1.29, 1.82) is 0 Å². The van der Waals surface area contributed by atoms with Gasteiger partial charge in [-0.25, -0.2) is 0 Å². The molecule has 0 fully saturated rings. The molecular weight excluding hydrogens is 106 g/mol. The Morgan fingerprint density at radius 3 is 3.00 bits per heavy atom. The van der Waals surface area contributed by atoms with Crippen LogP contribution in [0, 0.1) is 0 Å². The van der Waals surface area contributed by atoms with Crippen molar-refractivity contribution in [3.63, 3.8) is 0 Å². The first kappa shape index (κ1) is 4.57. The summed E-state index contributed by atoms with van der Waals surface area (Å²) < 4.78 is 2.95. The molecule has 0 aromatic rings. The van der Waals surface area contributed by atoms with Crippen molar-refractivity contribution >= 4 is 11.9 Å². The Hall–Kier alpha value is -0.590. The Bertz CT molecular complexity index is 142. The molecule has 0 bridgehead atoms. The zero-order valence-electron chi connectivity index (χ0n) is 3.77. The monoisotopic (exact) mass is 111 g/mol. The van der Waals surface area contributed by atoms with Crippen molar-refractivity contribution in [2.45, 2.75) is 0 Å². The van der Waals surface area contributed by atoms with E-state index >= 15 is 0 Å². The van der Waals surface area contributed by atoms with Crippen LogP contribution in [0.2, 0.25) is 0 Å². The van der Waals surface area contributed by atoms with Gasteiger partial charge in [0, 0.05) is 0 Å². The lowest BCUT2D eigenvalue weighted by Gasteiger charge is -1.85. The summed E-state index contributed by atoms with van der Waals surface area (Å²) in [6.45, 7) is 3.45. The Morgan fingerprint density at radius 1 is 1.86 bits per heavy atom. The molecule has 0 saturated heterocycles. The van der Waals surface area contributed by atoms with E-state index in [1.54, 1.807) is 0 Å². The van der Waals surface area contributed by atoms with Crippen LogP contribution in [0.25, 0.3) is 0 Å². The molecule has 36 valence electrons. The lowest BCUT2D eigenvalue weighted by molar-refractivity contribution is 1.33. The maximum atomic E-state index is 3.45. The van der Waals surface area contributed by atoms with Gasteiger partial charge in [-0.3, -0.25) is 0 Å². The summed E-state index contributed by atoms with van der Waals surface area (Å²) in [5.74, 6) is 0. The van der Waals surface area contributed by atoms with Crippen molar-refractivity contribution in [3.8, 4) is 0 Å². The molecule has 0 aromatic carbocycles. The van der Waals surface area contributed by atoms with Gasteiger partial charge in [0.05, 0.1) is 5.70 Å². The first-order valence-corrected chi connectivity index (χ1v) is 2.80. The fraction of sp³-hybridized carbons (Fsp3) is 0. The van der Waals surface area contributed by atoms with Crippen LogP contribution in [-0.4, -0.2) is 0 Å². The topological polar surface area (TPSA) is 12.0 Å². The Kier molecular flexibility index (Phi) is 1.25. The van der Waals surface area contributed by atoms with Gasteiger partial charge in [-0.05, 0) is 23.4 Å². The molecule has 1 heterocycles. The molecule has 0 spiro atoms. The highest BCUT2D eigenvalue weighted by Gasteiger charge is 1.92. The zero-order chi connectivity index (χ0) is 5.11. The third-order valence-electron chi connectivity index (χ3n) is 0.662. The van der Waals surface area contributed by atoms with Crippen LogP contribution in [-0.2, 0) is 0 Å². The van der Waals surface area contributed by atoms with Crippen molar-refractivity contribution in [1.82, 2.24) is 4.72 Å². The number of allylic oxidation sites excluding steroid dienone is 1. The summed E-state index contributed by atoms with van der Waals surface area (Å²) in [7, 11) is 0. The van der Waals surface area contributed by atoms with Gasteiger partial charge in [0.1, 0.15) is 0 Å². The second-order valence-electron chi connectivity index (χ2n) is 1.11. The van der Waals surface area contributed by atoms with Crippen molar-refractivity contribution in [2.75, 3.05) is 0 Å². The predicted molar refractivity (Wildman–Crippen MR) is 32.5 cm³/mol. The molecule has 2 heteroatoms. The molecule has 1 rings (SSSR count). The van der Waals surface area contributed by atoms with E-state index in [2.05, 4.69) is 17.0 Å². The summed E-state index contributed by atoms with van der Waals surface area (Å²) in [6.07, 6.45) is 1.93. The molecule has 0 amide bonds. The van der Waals surface area contributed by atoms with Crippen LogP contribution >= 0.6 is 11.9 Å². The number of rotatable bonds is 0. The van der Waals surface area contributed by atoms with Crippen molar-refractivity contribution in [3.05, 3.63) is 29.5 Å². The maximum absolute atomic E-state index is 3.45. The van der Waals surface area contributed by atoms with E-state index in [0.29, 0.717) is 0 Å². The van der Waals surface area contributed by atoms with E-state index in [1.807, 2.05) is 11.5 Å². The van der Waals surface area contributed by atoms with Crippen LogP contribution in [0.15, 0.2) is 29.5 Å². The van der Waals surface area contributed by atoms with Crippen molar-refractivity contribution < 1.29 is 0 Å². The maximum Gasteiger partial charge on any atom is 0.0875 e. The summed E-state index contributed by atoms with van der Waals surface area (Å²) in [4.78, 5) is 0. The molecule has 1 nitrogen and oxygen atoms in total. The van der Waals surface area contributed by atoms with Gasteiger partial charge in [0.25, 0.3) is 0 Å². The molecule has 0 atom stereocenters. The highest BCUT2D eigenvalue weighted by molar-refractivity contribution is 8.00. The third kappa shape index (κ3) is 0.889. The summed E-state index contributed by atoms with van der Waals surface area (Å²) in [6, 6.07) is 0. The minimum Gasteiger partial charge on any atom is -0.320 e. The number of nitrogens with one attached hydrogen (secondary N) is 1. The fourth-order valence-corrected chi connectivity index (χ4v) is 0.868. The van der Waals surface area contributed by atoms with Gasteiger partial charge >= 0.3 is 0 Å². The van der Waals surface area contributed by atoms with E-state index in [0.717, 1.165) is 5.70 Å². The minimum atomic E-state index is 0.963. The van der Waals surface area contributed by atoms with Gasteiger partial charge in [0.15, 0.2) is 0 Å². The fourth-order valence-electron chi connectivity index (χ4n) is 0.329. The third-order valence-corrected chi connectivity index (χ3v) is 1.27. The van der Waals surface area contributed by atoms with E-state index < -0.39 is 0 Å². The highest BCUT2D eigenvalue weighted by Crippen LogP contribution is 2.09. The van der Waals surface area contributed by atoms with E-state index in [9.17, 15) is 0 Å². The largest absolute Gasteiger partial charge is 0.320 e. The molecule has 0 aromatic heterocycles. The van der Waals surface area contributed by atoms with Crippen molar-refractivity contribution in [2.24, 2.45) is 0 Å². The molecule has 0 unspecified atom stereocenters. The lowest BCUT2D eigenvalue weighted by Crippen LogP contribution is -1.89. The SMILES string of the molecule is C=C=C1C=CSN1. The Labute approximate surface area is 46.9 Å².